The first-order chi connectivity index (χ1) is 8.62. The second-order valence-corrected chi connectivity index (χ2v) is 77.9. The van der Waals surface area contributed by atoms with E-state index in [1.165, 1.54) is 0 Å². The van der Waals surface area contributed by atoms with Gasteiger partial charge in [0.2, 0.25) is 0 Å². The van der Waals surface area contributed by atoms with E-state index in [4.69, 9.17) is 12.3 Å². The highest BCUT2D eigenvalue weighted by atomic mass is 30.2. The molecular formula is C10H30O3Si7. The minimum atomic E-state index is -2.29. The van der Waals surface area contributed by atoms with Crippen LogP contribution in [-0.2, 0) is 12.3 Å². The molecule has 0 aromatic carbocycles. The largest absolute Gasteiger partial charge is 0.465 e. The van der Waals surface area contributed by atoms with Crippen molar-refractivity contribution in [3.05, 3.63) is 0 Å². The van der Waals surface area contributed by atoms with Crippen LogP contribution < -0.4 is 0 Å². The van der Waals surface area contributed by atoms with Crippen LogP contribution in [0.1, 0.15) is 0 Å². The molecule has 4 fully saturated rings. The standard InChI is InChI=1S/C10H30O3Si7/c1-14(2)18(8)11-17(7)12-19(14,9)16(5,6)20(10,13-17)15(18,3)4/h1-10H3. The quantitative estimate of drug-likeness (QED) is 0.591. The maximum atomic E-state index is 6.90. The number of hydrogen-bond acceptors (Lipinski definition) is 3. The molecular weight excluding hydrogens is 365 g/mol. The molecule has 10 heteroatoms. The molecule has 0 amide bonds. The lowest BCUT2D eigenvalue weighted by atomic mass is 11.9. The summed E-state index contributed by atoms with van der Waals surface area (Å²) >= 11 is 0. The Hall–Kier alpha value is 1.40. The Balaban J connectivity index is 2.40. The zero-order valence-corrected chi connectivity index (χ0v) is 21.7. The molecule has 0 saturated carbocycles. The molecule has 20 heavy (non-hydrogen) atoms. The molecule has 4 saturated heterocycles. The van der Waals surface area contributed by atoms with Crippen LogP contribution in [0.2, 0.25) is 65.5 Å². The van der Waals surface area contributed by atoms with Crippen LogP contribution in [0.4, 0.5) is 0 Å². The maximum Gasteiger partial charge on any atom is 0.465 e. The van der Waals surface area contributed by atoms with Crippen LogP contribution in [0.5, 0.6) is 0 Å². The molecule has 4 aliphatic rings. The van der Waals surface area contributed by atoms with Crippen molar-refractivity contribution < 1.29 is 12.3 Å². The van der Waals surface area contributed by atoms with E-state index in [-0.39, 0.29) is 0 Å². The lowest BCUT2D eigenvalue weighted by molar-refractivity contribution is 0.261. The lowest BCUT2D eigenvalue weighted by Crippen LogP contribution is -3.11. The van der Waals surface area contributed by atoms with Crippen LogP contribution in [-0.4, -0.2) is 52.2 Å². The zero-order valence-electron chi connectivity index (χ0n) is 14.7. The first kappa shape index (κ1) is 16.3. The topological polar surface area (TPSA) is 27.7 Å². The van der Waals surface area contributed by atoms with E-state index in [2.05, 4.69) is 65.5 Å². The molecule has 0 aliphatic carbocycles. The molecule has 3 nitrogen and oxygen atoms in total. The van der Waals surface area contributed by atoms with Crippen LogP contribution in [0.3, 0.4) is 0 Å². The van der Waals surface area contributed by atoms with Gasteiger partial charge in [0, 0.05) is 6.55 Å². The first-order valence-electron chi connectivity index (χ1n) is 7.72. The summed E-state index contributed by atoms with van der Waals surface area (Å²) in [5.41, 5.74) is 0. The molecule has 0 aromatic heterocycles. The Morgan fingerprint density at radius 3 is 0.800 bits per heavy atom. The van der Waals surface area contributed by atoms with Gasteiger partial charge in [-0.3, -0.25) is 0 Å². The second-order valence-electron chi connectivity index (χ2n) is 9.14. The normalized spacial score (nSPS) is 57.9. The minimum Gasteiger partial charge on any atom is -0.422 e. The molecule has 0 N–H and O–H groups in total. The van der Waals surface area contributed by atoms with E-state index in [1.54, 1.807) is 0 Å². The highest BCUT2D eigenvalue weighted by Gasteiger charge is 2.91. The first-order valence-corrected chi connectivity index (χ1v) is 32.2. The van der Waals surface area contributed by atoms with Gasteiger partial charge in [-0.2, -0.15) is 0 Å². The Morgan fingerprint density at radius 2 is 0.600 bits per heavy atom. The summed E-state index contributed by atoms with van der Waals surface area (Å²) < 4.78 is 20.7. The van der Waals surface area contributed by atoms with Gasteiger partial charge in [-0.1, -0.05) is 58.9 Å². The van der Waals surface area contributed by atoms with Crippen molar-refractivity contribution >= 4 is 52.2 Å². The van der Waals surface area contributed by atoms with Crippen molar-refractivity contribution in [3.63, 3.8) is 0 Å². The van der Waals surface area contributed by atoms with Gasteiger partial charge in [0.25, 0.3) is 0 Å². The summed E-state index contributed by atoms with van der Waals surface area (Å²) in [6, 6.07) is 0. The number of hydrogen-bond donors (Lipinski definition) is 0. The third-order valence-corrected chi connectivity index (χ3v) is 153. The fourth-order valence-corrected chi connectivity index (χ4v) is 260. The Labute approximate surface area is 129 Å². The maximum absolute atomic E-state index is 6.90. The molecule has 4 aliphatic heterocycles. The molecule has 116 valence electrons. The van der Waals surface area contributed by atoms with Gasteiger partial charge in [0.05, 0.1) is 21.3 Å². The highest BCUT2D eigenvalue weighted by molar-refractivity contribution is 8.13. The van der Waals surface area contributed by atoms with Crippen molar-refractivity contribution in [2.75, 3.05) is 0 Å². The van der Waals surface area contributed by atoms with Crippen LogP contribution >= 0.6 is 0 Å². The molecule has 4 heterocycles. The monoisotopic (exact) mass is 394 g/mol. The van der Waals surface area contributed by atoms with E-state index in [9.17, 15) is 0 Å². The van der Waals surface area contributed by atoms with Gasteiger partial charge >= 0.3 is 8.80 Å². The van der Waals surface area contributed by atoms with Crippen molar-refractivity contribution in [3.8, 4) is 0 Å². The van der Waals surface area contributed by atoms with Gasteiger partial charge in [-0.25, -0.2) is 0 Å². The van der Waals surface area contributed by atoms with E-state index in [0.717, 1.165) is 0 Å². The highest BCUT2D eigenvalue weighted by Crippen LogP contribution is 2.60. The third kappa shape index (κ3) is 1.22. The van der Waals surface area contributed by atoms with Crippen LogP contribution in [0, 0.1) is 0 Å². The predicted octanol–water partition coefficient (Wildman–Crippen LogP) is 2.97. The van der Waals surface area contributed by atoms with E-state index < -0.39 is 52.2 Å². The molecule has 0 spiro atoms. The second kappa shape index (κ2) is 3.57. The van der Waals surface area contributed by atoms with Gasteiger partial charge in [0.1, 0.15) is 0 Å². The molecule has 4 bridgehead atoms. The Kier molecular flexibility index (Phi) is 2.90. The summed E-state index contributed by atoms with van der Waals surface area (Å²) in [6.45, 7) is 26.0. The minimum absolute atomic E-state index is 1.41. The summed E-state index contributed by atoms with van der Waals surface area (Å²) in [4.78, 5) is 0. The Bertz CT molecular complexity index is 416. The van der Waals surface area contributed by atoms with Gasteiger partial charge in [0.15, 0.2) is 22.1 Å². The summed E-state index contributed by atoms with van der Waals surface area (Å²) in [7, 11) is -11.4. The van der Waals surface area contributed by atoms with Gasteiger partial charge < -0.3 is 12.3 Å². The van der Waals surface area contributed by atoms with E-state index in [1.807, 2.05) is 0 Å². The van der Waals surface area contributed by atoms with Crippen LogP contribution in [0.25, 0.3) is 0 Å². The van der Waals surface area contributed by atoms with Gasteiger partial charge in [-0.05, 0) is 0 Å². The smallest absolute Gasteiger partial charge is 0.422 e. The predicted molar refractivity (Wildman–Crippen MR) is 102 cm³/mol. The van der Waals surface area contributed by atoms with E-state index >= 15 is 0 Å². The third-order valence-electron chi connectivity index (χ3n) is 8.32. The average molecular weight is 395 g/mol. The molecule has 4 rings (SSSR count). The van der Waals surface area contributed by atoms with Crippen molar-refractivity contribution in [1.82, 2.24) is 0 Å². The van der Waals surface area contributed by atoms with Gasteiger partial charge in [-0.15, -0.1) is 0 Å². The van der Waals surface area contributed by atoms with Crippen molar-refractivity contribution in [1.29, 1.82) is 0 Å². The molecule has 0 atom stereocenters. The fraction of sp³-hybridized carbons (Fsp3) is 1.00. The number of rotatable bonds is 0. The van der Waals surface area contributed by atoms with Crippen LogP contribution in [0.15, 0.2) is 0 Å². The molecule has 0 radical (unpaired) electrons. The summed E-state index contributed by atoms with van der Waals surface area (Å²) in [5.74, 6) is 0. The Morgan fingerprint density at radius 1 is 0.400 bits per heavy atom. The average Bonchev–Trinajstić information content (AvgIpc) is 2.22. The SMILES string of the molecule is C[Si]12O[Si]3(C)[Si](C)(C)[Si](C)(O1)[Si](C)(C)[Si](C)(O2)[Si]3(C)C. The van der Waals surface area contributed by atoms with Crippen molar-refractivity contribution in [2.45, 2.75) is 65.5 Å². The van der Waals surface area contributed by atoms with Crippen molar-refractivity contribution in [2.24, 2.45) is 0 Å². The fourth-order valence-electron chi connectivity index (χ4n) is 5.65. The lowest BCUT2D eigenvalue weighted by Gasteiger charge is -2.80. The molecule has 0 unspecified atom stereocenters. The zero-order chi connectivity index (χ0) is 15.6. The summed E-state index contributed by atoms with van der Waals surface area (Å²) in [5, 5.41) is 0. The van der Waals surface area contributed by atoms with E-state index in [0.29, 0.717) is 0 Å². The summed E-state index contributed by atoms with van der Waals surface area (Å²) in [6.07, 6.45) is 0. The molecule has 0 aromatic rings.